The van der Waals surface area contributed by atoms with E-state index >= 15 is 0 Å². The average Bonchev–Trinajstić information content (AvgIpc) is 2.07. The van der Waals surface area contributed by atoms with Crippen LogP contribution in [0.25, 0.3) is 0 Å². The molecule has 1 aromatic carbocycles. The maximum Gasteiger partial charge on any atom is 0.127 e. The molecule has 0 saturated heterocycles. The maximum atomic E-state index is 13.6. The summed E-state index contributed by atoms with van der Waals surface area (Å²) in [6.07, 6.45) is 0. The van der Waals surface area contributed by atoms with Gasteiger partial charge in [-0.1, -0.05) is 27.7 Å². The quantitative estimate of drug-likeness (QED) is 0.716. The lowest BCUT2D eigenvalue weighted by molar-refractivity contribution is 0.595. The predicted octanol–water partition coefficient (Wildman–Crippen LogP) is 3.65. The van der Waals surface area contributed by atoms with Gasteiger partial charge in [0.2, 0.25) is 0 Å². The molecule has 2 N–H and O–H groups in total. The van der Waals surface area contributed by atoms with Gasteiger partial charge in [0.15, 0.2) is 0 Å². The molecule has 0 heterocycles. The fourth-order valence-corrected chi connectivity index (χ4v) is 1.57. The van der Waals surface area contributed by atoms with Crippen LogP contribution in [0.5, 0.6) is 0 Å². The SMILES string of the molecule is CC(C)c1cc(F)c(C(C)C)cc1N. The molecule has 0 aromatic heterocycles. The van der Waals surface area contributed by atoms with Crippen LogP contribution in [-0.2, 0) is 0 Å². The van der Waals surface area contributed by atoms with Crippen LogP contribution in [0.1, 0.15) is 50.7 Å². The van der Waals surface area contributed by atoms with Crippen LogP contribution in [0.2, 0.25) is 0 Å². The van der Waals surface area contributed by atoms with Crippen LogP contribution in [0.3, 0.4) is 0 Å². The predicted molar refractivity (Wildman–Crippen MR) is 59.0 cm³/mol. The smallest absolute Gasteiger partial charge is 0.127 e. The Morgan fingerprint density at radius 3 is 1.93 bits per heavy atom. The van der Waals surface area contributed by atoms with E-state index in [4.69, 9.17) is 5.73 Å². The molecule has 0 fully saturated rings. The Hall–Kier alpha value is -1.05. The Balaban J connectivity index is 3.24. The van der Waals surface area contributed by atoms with E-state index in [9.17, 15) is 4.39 Å². The van der Waals surface area contributed by atoms with E-state index in [2.05, 4.69) is 0 Å². The summed E-state index contributed by atoms with van der Waals surface area (Å²) in [5.74, 6) is 0.308. The van der Waals surface area contributed by atoms with Crippen LogP contribution >= 0.6 is 0 Å². The molecule has 0 aliphatic heterocycles. The molecule has 1 aromatic rings. The summed E-state index contributed by atoms with van der Waals surface area (Å²) in [6.45, 7) is 7.96. The molecule has 1 nitrogen and oxygen atoms in total. The minimum Gasteiger partial charge on any atom is -0.398 e. The van der Waals surface area contributed by atoms with Gasteiger partial charge in [-0.25, -0.2) is 4.39 Å². The first kappa shape index (κ1) is 11.0. The summed E-state index contributed by atoms with van der Waals surface area (Å²) in [6, 6.07) is 3.32. The number of rotatable bonds is 2. The lowest BCUT2D eigenvalue weighted by atomic mass is 9.95. The number of hydrogen-bond acceptors (Lipinski definition) is 1. The zero-order valence-corrected chi connectivity index (χ0v) is 9.26. The Morgan fingerprint density at radius 2 is 1.50 bits per heavy atom. The van der Waals surface area contributed by atoms with Crippen molar-refractivity contribution in [3.63, 3.8) is 0 Å². The number of nitrogen functional groups attached to an aromatic ring is 1. The van der Waals surface area contributed by atoms with Gasteiger partial charge < -0.3 is 5.73 Å². The lowest BCUT2D eigenvalue weighted by Gasteiger charge is -2.14. The average molecular weight is 195 g/mol. The fourth-order valence-electron chi connectivity index (χ4n) is 1.57. The van der Waals surface area contributed by atoms with Crippen molar-refractivity contribution in [3.8, 4) is 0 Å². The molecule has 0 spiro atoms. The molecule has 2 heteroatoms. The molecule has 0 radical (unpaired) electrons. The number of anilines is 1. The summed E-state index contributed by atoms with van der Waals surface area (Å²) in [4.78, 5) is 0. The molecule has 0 aliphatic carbocycles. The van der Waals surface area contributed by atoms with Crippen molar-refractivity contribution in [1.29, 1.82) is 0 Å². The van der Waals surface area contributed by atoms with Gasteiger partial charge in [-0.05, 0) is 35.1 Å². The van der Waals surface area contributed by atoms with Crippen molar-refractivity contribution in [3.05, 3.63) is 29.1 Å². The van der Waals surface area contributed by atoms with Crippen LogP contribution < -0.4 is 5.73 Å². The number of halogens is 1. The van der Waals surface area contributed by atoms with Gasteiger partial charge in [0.05, 0.1) is 0 Å². The van der Waals surface area contributed by atoms with Gasteiger partial charge in [0.1, 0.15) is 5.82 Å². The second kappa shape index (κ2) is 3.99. The minimum absolute atomic E-state index is 0.141. The molecule has 0 aliphatic rings. The maximum absolute atomic E-state index is 13.6. The van der Waals surface area contributed by atoms with E-state index < -0.39 is 0 Å². The van der Waals surface area contributed by atoms with E-state index in [1.165, 1.54) is 0 Å². The third-order valence-corrected chi connectivity index (χ3v) is 2.45. The Kier molecular flexibility index (Phi) is 3.14. The molecule has 0 unspecified atom stereocenters. The van der Waals surface area contributed by atoms with E-state index in [0.29, 0.717) is 11.3 Å². The van der Waals surface area contributed by atoms with Gasteiger partial charge >= 0.3 is 0 Å². The molecule has 14 heavy (non-hydrogen) atoms. The largest absolute Gasteiger partial charge is 0.398 e. The number of hydrogen-bond donors (Lipinski definition) is 1. The fraction of sp³-hybridized carbons (Fsp3) is 0.500. The van der Waals surface area contributed by atoms with E-state index in [1.54, 1.807) is 12.1 Å². The van der Waals surface area contributed by atoms with Gasteiger partial charge in [-0.15, -0.1) is 0 Å². The minimum atomic E-state index is -0.141. The lowest BCUT2D eigenvalue weighted by Crippen LogP contribution is -2.02. The first-order valence-corrected chi connectivity index (χ1v) is 5.02. The van der Waals surface area contributed by atoms with Crippen LogP contribution in [0.15, 0.2) is 12.1 Å². The highest BCUT2D eigenvalue weighted by molar-refractivity contribution is 5.51. The van der Waals surface area contributed by atoms with Crippen molar-refractivity contribution in [2.75, 3.05) is 5.73 Å². The normalized spacial score (nSPS) is 11.4. The molecule has 0 atom stereocenters. The molecular formula is C12H18FN. The zero-order chi connectivity index (χ0) is 10.9. The highest BCUT2D eigenvalue weighted by Gasteiger charge is 2.12. The molecular weight excluding hydrogens is 177 g/mol. The molecule has 0 saturated carbocycles. The highest BCUT2D eigenvalue weighted by atomic mass is 19.1. The third-order valence-electron chi connectivity index (χ3n) is 2.45. The summed E-state index contributed by atoms with van der Waals surface area (Å²) >= 11 is 0. The van der Waals surface area contributed by atoms with Gasteiger partial charge in [0.25, 0.3) is 0 Å². The summed E-state index contributed by atoms with van der Waals surface area (Å²) in [5, 5.41) is 0. The summed E-state index contributed by atoms with van der Waals surface area (Å²) in [5.41, 5.74) is 8.16. The van der Waals surface area contributed by atoms with Crippen molar-refractivity contribution < 1.29 is 4.39 Å². The molecule has 0 amide bonds. The van der Waals surface area contributed by atoms with E-state index in [-0.39, 0.29) is 17.7 Å². The van der Waals surface area contributed by atoms with Crippen LogP contribution in [-0.4, -0.2) is 0 Å². The topological polar surface area (TPSA) is 26.0 Å². The summed E-state index contributed by atoms with van der Waals surface area (Å²) in [7, 11) is 0. The monoisotopic (exact) mass is 195 g/mol. The molecule has 1 rings (SSSR count). The van der Waals surface area contributed by atoms with Crippen LogP contribution in [0, 0.1) is 5.82 Å². The molecule has 0 bridgehead atoms. The van der Waals surface area contributed by atoms with E-state index in [1.807, 2.05) is 27.7 Å². The van der Waals surface area contributed by atoms with Gasteiger partial charge in [0, 0.05) is 5.69 Å². The number of nitrogens with two attached hydrogens (primary N) is 1. The van der Waals surface area contributed by atoms with Crippen molar-refractivity contribution in [1.82, 2.24) is 0 Å². The van der Waals surface area contributed by atoms with Crippen LogP contribution in [0.4, 0.5) is 10.1 Å². The number of benzene rings is 1. The highest BCUT2D eigenvalue weighted by Crippen LogP contribution is 2.28. The Labute approximate surface area is 85.1 Å². The Morgan fingerprint density at radius 1 is 1.00 bits per heavy atom. The summed E-state index contributed by atoms with van der Waals surface area (Å²) < 4.78 is 13.6. The second-order valence-corrected chi connectivity index (χ2v) is 4.31. The van der Waals surface area contributed by atoms with Crippen molar-refractivity contribution in [2.45, 2.75) is 39.5 Å². The van der Waals surface area contributed by atoms with Gasteiger partial charge in [-0.2, -0.15) is 0 Å². The third kappa shape index (κ3) is 2.06. The Bertz CT molecular complexity index is 296. The molecule has 78 valence electrons. The van der Waals surface area contributed by atoms with Gasteiger partial charge in [-0.3, -0.25) is 0 Å². The standard InChI is InChI=1S/C12H18FN/c1-7(2)9-6-12(14)10(8(3)4)5-11(9)13/h5-8H,14H2,1-4H3. The van der Waals surface area contributed by atoms with E-state index in [0.717, 1.165) is 5.56 Å². The first-order valence-electron chi connectivity index (χ1n) is 5.02. The van der Waals surface area contributed by atoms with Crippen molar-refractivity contribution >= 4 is 5.69 Å². The first-order chi connectivity index (χ1) is 6.43. The van der Waals surface area contributed by atoms with Crippen molar-refractivity contribution in [2.24, 2.45) is 0 Å². The zero-order valence-electron chi connectivity index (χ0n) is 9.26. The second-order valence-electron chi connectivity index (χ2n) is 4.31.